The first kappa shape index (κ1) is 19.9. The van der Waals surface area contributed by atoms with Gasteiger partial charge in [0, 0.05) is 12.2 Å². The van der Waals surface area contributed by atoms with Crippen LogP contribution in [-0.2, 0) is 4.79 Å². The van der Waals surface area contributed by atoms with Crippen LogP contribution in [0, 0.1) is 13.8 Å². The zero-order chi connectivity index (χ0) is 20.3. The van der Waals surface area contributed by atoms with E-state index in [4.69, 9.17) is 5.84 Å². The molecule has 0 radical (unpaired) electrons. The molecule has 1 amide bonds. The van der Waals surface area contributed by atoms with Gasteiger partial charge in [-0.05, 0) is 38.3 Å². The number of hydrogen-bond acceptors (Lipinski definition) is 6. The number of nitrogen functional groups attached to an aromatic ring is 1. The predicted octanol–water partition coefficient (Wildman–Crippen LogP) is 2.19. The van der Waals surface area contributed by atoms with E-state index >= 15 is 0 Å². The SMILES string of the molecule is Cc1cc(C)n(-c2nnc(S[C@@H](C)C(=O)NC[C@H](C)c3ccccc3)n2N)n1. The third-order valence-corrected chi connectivity index (χ3v) is 5.50. The molecule has 3 rings (SSSR count). The van der Waals surface area contributed by atoms with Crippen molar-refractivity contribution in [3.8, 4) is 5.95 Å². The third kappa shape index (κ3) is 4.36. The summed E-state index contributed by atoms with van der Waals surface area (Å²) in [5.74, 6) is 6.72. The molecule has 2 aromatic heterocycles. The van der Waals surface area contributed by atoms with Crippen molar-refractivity contribution < 1.29 is 4.79 Å². The lowest BCUT2D eigenvalue weighted by Crippen LogP contribution is -2.34. The fourth-order valence-corrected chi connectivity index (χ4v) is 3.62. The van der Waals surface area contributed by atoms with Gasteiger partial charge in [-0.25, -0.2) is 9.36 Å². The molecule has 1 aromatic carbocycles. The lowest BCUT2D eigenvalue weighted by Gasteiger charge is -2.15. The van der Waals surface area contributed by atoms with Crippen LogP contribution in [0.3, 0.4) is 0 Å². The molecule has 0 saturated carbocycles. The predicted molar refractivity (Wildman–Crippen MR) is 110 cm³/mol. The van der Waals surface area contributed by atoms with E-state index in [-0.39, 0.29) is 17.1 Å². The Kier molecular flexibility index (Phi) is 6.03. The molecule has 28 heavy (non-hydrogen) atoms. The van der Waals surface area contributed by atoms with Crippen molar-refractivity contribution in [3.63, 3.8) is 0 Å². The van der Waals surface area contributed by atoms with E-state index in [2.05, 4.69) is 39.7 Å². The third-order valence-electron chi connectivity index (χ3n) is 4.45. The molecule has 0 saturated heterocycles. The van der Waals surface area contributed by atoms with Gasteiger partial charge in [-0.2, -0.15) is 5.10 Å². The quantitative estimate of drug-likeness (QED) is 0.466. The van der Waals surface area contributed by atoms with Crippen LogP contribution < -0.4 is 11.2 Å². The van der Waals surface area contributed by atoms with Crippen molar-refractivity contribution in [3.05, 3.63) is 53.3 Å². The lowest BCUT2D eigenvalue weighted by atomic mass is 10.0. The molecule has 8 nitrogen and oxygen atoms in total. The minimum Gasteiger partial charge on any atom is -0.355 e. The first-order valence-corrected chi connectivity index (χ1v) is 9.98. The molecule has 3 N–H and O–H groups in total. The normalized spacial score (nSPS) is 13.3. The summed E-state index contributed by atoms with van der Waals surface area (Å²) >= 11 is 1.27. The number of hydrogen-bond donors (Lipinski definition) is 2. The van der Waals surface area contributed by atoms with Gasteiger partial charge in [-0.3, -0.25) is 4.79 Å². The topological polar surface area (TPSA) is 104 Å². The molecule has 0 aliphatic rings. The number of rotatable bonds is 7. The maximum atomic E-state index is 12.5. The summed E-state index contributed by atoms with van der Waals surface area (Å²) in [6.07, 6.45) is 0. The first-order valence-electron chi connectivity index (χ1n) is 9.10. The Morgan fingerprint density at radius 1 is 1.21 bits per heavy atom. The Bertz CT molecular complexity index is 951. The number of carbonyl (C=O) groups excluding carboxylic acids is 1. The summed E-state index contributed by atoms with van der Waals surface area (Å²) in [5.41, 5.74) is 2.98. The van der Waals surface area contributed by atoms with Gasteiger partial charge < -0.3 is 11.2 Å². The van der Waals surface area contributed by atoms with E-state index in [9.17, 15) is 4.79 Å². The van der Waals surface area contributed by atoms with Gasteiger partial charge in [0.2, 0.25) is 11.1 Å². The molecule has 0 spiro atoms. The van der Waals surface area contributed by atoms with Crippen molar-refractivity contribution in [2.24, 2.45) is 0 Å². The van der Waals surface area contributed by atoms with Gasteiger partial charge in [0.05, 0.1) is 10.9 Å². The summed E-state index contributed by atoms with van der Waals surface area (Å²) in [5, 5.41) is 15.7. The highest BCUT2D eigenvalue weighted by Gasteiger charge is 2.21. The fraction of sp³-hybridized carbons (Fsp3) is 0.368. The number of carbonyl (C=O) groups is 1. The Labute approximate surface area is 168 Å². The number of benzene rings is 1. The maximum absolute atomic E-state index is 12.5. The summed E-state index contributed by atoms with van der Waals surface area (Å²) in [6.45, 7) is 8.31. The summed E-state index contributed by atoms with van der Waals surface area (Å²) in [4.78, 5) is 12.5. The van der Waals surface area contributed by atoms with Crippen molar-refractivity contribution in [2.75, 3.05) is 12.4 Å². The van der Waals surface area contributed by atoms with Crippen LogP contribution in [0.5, 0.6) is 0 Å². The second-order valence-corrected chi connectivity index (χ2v) is 8.12. The fourth-order valence-electron chi connectivity index (χ4n) is 2.83. The molecule has 0 bridgehead atoms. The number of thioether (sulfide) groups is 1. The number of amides is 1. The number of nitrogens with zero attached hydrogens (tertiary/aromatic N) is 5. The molecule has 2 heterocycles. The molecular formula is C19H25N7OS. The van der Waals surface area contributed by atoms with E-state index in [0.717, 1.165) is 11.4 Å². The molecule has 0 fully saturated rings. The molecular weight excluding hydrogens is 374 g/mol. The Morgan fingerprint density at radius 3 is 2.57 bits per heavy atom. The minimum atomic E-state index is -0.359. The Morgan fingerprint density at radius 2 is 1.93 bits per heavy atom. The summed E-state index contributed by atoms with van der Waals surface area (Å²) < 4.78 is 3.00. The Balaban J connectivity index is 1.61. The van der Waals surface area contributed by atoms with Gasteiger partial charge in [0.15, 0.2) is 0 Å². The van der Waals surface area contributed by atoms with Crippen LogP contribution in [0.2, 0.25) is 0 Å². The minimum absolute atomic E-state index is 0.0663. The van der Waals surface area contributed by atoms with E-state index < -0.39 is 0 Å². The average Bonchev–Trinajstić information content (AvgIpc) is 3.21. The van der Waals surface area contributed by atoms with Crippen LogP contribution >= 0.6 is 11.8 Å². The van der Waals surface area contributed by atoms with E-state index in [0.29, 0.717) is 17.6 Å². The van der Waals surface area contributed by atoms with Crippen LogP contribution in [0.25, 0.3) is 5.95 Å². The maximum Gasteiger partial charge on any atom is 0.271 e. The van der Waals surface area contributed by atoms with Crippen molar-refractivity contribution in [2.45, 2.75) is 44.0 Å². The second kappa shape index (κ2) is 8.47. The molecule has 3 aromatic rings. The van der Waals surface area contributed by atoms with Gasteiger partial charge in [0.1, 0.15) is 0 Å². The van der Waals surface area contributed by atoms with Gasteiger partial charge in [-0.15, -0.1) is 10.2 Å². The van der Waals surface area contributed by atoms with Crippen LogP contribution in [-0.4, -0.2) is 42.4 Å². The lowest BCUT2D eigenvalue weighted by molar-refractivity contribution is -0.120. The van der Waals surface area contributed by atoms with Crippen molar-refractivity contribution in [1.29, 1.82) is 0 Å². The zero-order valence-electron chi connectivity index (χ0n) is 16.5. The average molecular weight is 400 g/mol. The second-order valence-electron chi connectivity index (χ2n) is 6.81. The van der Waals surface area contributed by atoms with Gasteiger partial charge in [-0.1, -0.05) is 49.0 Å². The molecule has 0 aliphatic heterocycles. The van der Waals surface area contributed by atoms with Gasteiger partial charge >= 0.3 is 0 Å². The monoisotopic (exact) mass is 399 g/mol. The number of nitrogens with one attached hydrogen (secondary N) is 1. The van der Waals surface area contributed by atoms with Crippen LogP contribution in [0.4, 0.5) is 0 Å². The van der Waals surface area contributed by atoms with Crippen LogP contribution in [0.15, 0.2) is 41.6 Å². The zero-order valence-corrected chi connectivity index (χ0v) is 17.3. The van der Waals surface area contributed by atoms with Crippen molar-refractivity contribution >= 4 is 17.7 Å². The Hall–Kier alpha value is -2.81. The summed E-state index contributed by atoms with van der Waals surface area (Å²) in [6, 6.07) is 12.0. The van der Waals surface area contributed by atoms with Crippen molar-refractivity contribution in [1.82, 2.24) is 30.0 Å². The highest BCUT2D eigenvalue weighted by molar-refractivity contribution is 8.00. The molecule has 9 heteroatoms. The number of aryl methyl sites for hydroxylation is 2. The van der Waals surface area contributed by atoms with E-state index in [1.165, 1.54) is 22.0 Å². The van der Waals surface area contributed by atoms with E-state index in [1.54, 1.807) is 4.68 Å². The summed E-state index contributed by atoms with van der Waals surface area (Å²) in [7, 11) is 0. The number of nitrogens with two attached hydrogens (primary N) is 1. The number of aromatic nitrogens is 5. The van der Waals surface area contributed by atoms with E-state index in [1.807, 2.05) is 45.0 Å². The smallest absolute Gasteiger partial charge is 0.271 e. The largest absolute Gasteiger partial charge is 0.355 e. The standard InChI is InChI=1S/C19H25N7OS/c1-12(16-8-6-5-7-9-16)11-21-17(27)15(4)28-19-23-22-18(25(19)20)26-14(3)10-13(2)24-26/h5-10,12,15H,11,20H2,1-4H3,(H,21,27)/t12-,15-/m0/s1. The molecule has 0 aliphatic carbocycles. The highest BCUT2D eigenvalue weighted by Crippen LogP contribution is 2.22. The molecule has 2 atom stereocenters. The molecule has 0 unspecified atom stereocenters. The first-order chi connectivity index (χ1) is 13.4. The molecule has 148 valence electrons. The van der Waals surface area contributed by atoms with Gasteiger partial charge in [0.25, 0.3) is 5.95 Å². The van der Waals surface area contributed by atoms with Crippen LogP contribution in [0.1, 0.15) is 36.7 Å². The highest BCUT2D eigenvalue weighted by atomic mass is 32.2.